The number of aryl methyl sites for hydroxylation is 1. The van der Waals surface area contributed by atoms with E-state index in [-0.39, 0.29) is 12.8 Å². The van der Waals surface area contributed by atoms with Crippen molar-refractivity contribution >= 4 is 11.6 Å². The number of aromatic nitrogens is 4. The number of nitrogens with zero attached hydrogens (tertiary/aromatic N) is 3. The van der Waals surface area contributed by atoms with Gasteiger partial charge in [-0.1, -0.05) is 5.92 Å². The molecule has 0 bridgehead atoms. The number of carbonyl (C=O) groups is 1. The fraction of sp³-hybridized carbons (Fsp3) is 0.259. The van der Waals surface area contributed by atoms with Crippen LogP contribution in [0.5, 0.6) is 0 Å². The molecular formula is C27H25F2N5O3. The molecule has 1 amide bonds. The molecular weight excluding hydrogens is 480 g/mol. The number of hydrogen-bond donors (Lipinski definition) is 3. The molecule has 10 heteroatoms. The highest BCUT2D eigenvalue weighted by Gasteiger charge is 2.24. The number of nitrogens with two attached hydrogens (primary N) is 1. The summed E-state index contributed by atoms with van der Waals surface area (Å²) in [5, 5.41) is 16.4. The SMILES string of the molecule is Cc1c(-c2ccc(C#CC(C)(C)O)nc2[C@H](CC(N)=O)Cc2cc(F)cc(F)c2)ccc2n[nH]c(=O)n12. The highest BCUT2D eigenvalue weighted by atomic mass is 19.1. The van der Waals surface area contributed by atoms with Crippen molar-refractivity contribution in [3.8, 4) is 23.0 Å². The number of fused-ring (bicyclic) bond motifs is 1. The molecule has 0 radical (unpaired) electrons. The molecule has 0 aliphatic rings. The van der Waals surface area contributed by atoms with Crippen LogP contribution in [0.2, 0.25) is 0 Å². The number of hydrogen-bond acceptors (Lipinski definition) is 5. The number of amides is 1. The predicted molar refractivity (Wildman–Crippen MR) is 134 cm³/mol. The number of aromatic amines is 1. The van der Waals surface area contributed by atoms with Crippen LogP contribution in [0.3, 0.4) is 0 Å². The Morgan fingerprint density at radius 3 is 2.49 bits per heavy atom. The van der Waals surface area contributed by atoms with Crippen LogP contribution in [0.4, 0.5) is 8.78 Å². The first-order chi connectivity index (χ1) is 17.4. The maximum atomic E-state index is 13.9. The predicted octanol–water partition coefficient (Wildman–Crippen LogP) is 3.00. The van der Waals surface area contributed by atoms with Crippen molar-refractivity contribution < 1.29 is 18.7 Å². The van der Waals surface area contributed by atoms with Crippen molar-refractivity contribution in [1.82, 2.24) is 19.6 Å². The fourth-order valence-electron chi connectivity index (χ4n) is 4.25. The number of carbonyl (C=O) groups excluding carboxylic acids is 1. The highest BCUT2D eigenvalue weighted by molar-refractivity contribution is 5.77. The summed E-state index contributed by atoms with van der Waals surface area (Å²) in [5.74, 6) is 2.74. The minimum absolute atomic E-state index is 0.0624. The van der Waals surface area contributed by atoms with E-state index in [2.05, 4.69) is 27.0 Å². The molecule has 1 aromatic carbocycles. The van der Waals surface area contributed by atoms with E-state index in [4.69, 9.17) is 5.73 Å². The van der Waals surface area contributed by atoms with Crippen molar-refractivity contribution in [3.63, 3.8) is 0 Å². The molecule has 0 aliphatic heterocycles. The van der Waals surface area contributed by atoms with Crippen molar-refractivity contribution in [2.45, 2.75) is 45.1 Å². The van der Waals surface area contributed by atoms with Gasteiger partial charge in [-0.05, 0) is 75.1 Å². The molecule has 0 saturated heterocycles. The Bertz CT molecular complexity index is 1600. The van der Waals surface area contributed by atoms with Gasteiger partial charge < -0.3 is 10.8 Å². The van der Waals surface area contributed by atoms with Gasteiger partial charge in [-0.25, -0.2) is 28.1 Å². The summed E-state index contributed by atoms with van der Waals surface area (Å²) < 4.78 is 29.3. The molecule has 3 heterocycles. The number of halogens is 2. The van der Waals surface area contributed by atoms with Gasteiger partial charge in [0.15, 0.2) is 5.65 Å². The summed E-state index contributed by atoms with van der Waals surface area (Å²) in [7, 11) is 0. The third-order valence-corrected chi connectivity index (χ3v) is 5.77. The van der Waals surface area contributed by atoms with Gasteiger partial charge in [0.1, 0.15) is 22.9 Å². The molecule has 190 valence electrons. The first-order valence-electron chi connectivity index (χ1n) is 11.5. The van der Waals surface area contributed by atoms with Gasteiger partial charge in [-0.3, -0.25) is 4.79 Å². The van der Waals surface area contributed by atoms with E-state index in [1.165, 1.54) is 30.4 Å². The smallest absolute Gasteiger partial charge is 0.347 e. The minimum atomic E-state index is -1.27. The quantitative estimate of drug-likeness (QED) is 0.347. The second-order valence-corrected chi connectivity index (χ2v) is 9.34. The van der Waals surface area contributed by atoms with Gasteiger partial charge in [0.2, 0.25) is 5.91 Å². The molecule has 4 aromatic rings. The van der Waals surface area contributed by atoms with Crippen LogP contribution in [0.1, 0.15) is 48.8 Å². The van der Waals surface area contributed by atoms with Crippen molar-refractivity contribution in [1.29, 1.82) is 0 Å². The molecule has 0 saturated carbocycles. The number of pyridine rings is 2. The summed E-state index contributed by atoms with van der Waals surface area (Å²) in [6.45, 7) is 4.81. The van der Waals surface area contributed by atoms with E-state index in [0.29, 0.717) is 39.4 Å². The molecule has 1 atom stereocenters. The topological polar surface area (TPSA) is 126 Å². The first kappa shape index (κ1) is 25.7. The van der Waals surface area contributed by atoms with E-state index in [1.54, 1.807) is 31.2 Å². The van der Waals surface area contributed by atoms with Crippen LogP contribution >= 0.6 is 0 Å². The molecule has 37 heavy (non-hydrogen) atoms. The fourth-order valence-corrected chi connectivity index (χ4v) is 4.25. The Morgan fingerprint density at radius 2 is 1.84 bits per heavy atom. The Hall–Kier alpha value is -4.36. The van der Waals surface area contributed by atoms with Gasteiger partial charge in [0.25, 0.3) is 0 Å². The van der Waals surface area contributed by atoms with E-state index < -0.39 is 34.8 Å². The average Bonchev–Trinajstić information content (AvgIpc) is 3.17. The van der Waals surface area contributed by atoms with E-state index in [9.17, 15) is 23.5 Å². The molecule has 4 N–H and O–H groups in total. The lowest BCUT2D eigenvalue weighted by atomic mass is 9.87. The lowest BCUT2D eigenvalue weighted by molar-refractivity contribution is -0.118. The third kappa shape index (κ3) is 5.90. The first-order valence-corrected chi connectivity index (χ1v) is 11.5. The molecule has 3 aromatic heterocycles. The van der Waals surface area contributed by atoms with Crippen LogP contribution in [0, 0.1) is 30.4 Å². The number of aliphatic hydroxyl groups is 1. The van der Waals surface area contributed by atoms with Crippen molar-refractivity contribution in [2.24, 2.45) is 5.73 Å². The number of benzene rings is 1. The average molecular weight is 506 g/mol. The molecule has 0 aliphatic carbocycles. The second-order valence-electron chi connectivity index (χ2n) is 9.34. The normalized spacial score (nSPS) is 12.3. The number of rotatable bonds is 6. The van der Waals surface area contributed by atoms with Gasteiger partial charge in [-0.15, -0.1) is 0 Å². The number of H-pyrrole nitrogens is 1. The Labute approximate surface area is 211 Å². The van der Waals surface area contributed by atoms with E-state index in [0.717, 1.165) is 6.07 Å². The van der Waals surface area contributed by atoms with Crippen LogP contribution in [0.15, 0.2) is 47.3 Å². The molecule has 0 fully saturated rings. The Kier molecular flexibility index (Phi) is 6.92. The van der Waals surface area contributed by atoms with Crippen molar-refractivity contribution in [3.05, 3.63) is 87.2 Å². The Morgan fingerprint density at radius 1 is 1.16 bits per heavy atom. The summed E-state index contributed by atoms with van der Waals surface area (Å²) >= 11 is 0. The monoisotopic (exact) mass is 505 g/mol. The zero-order valence-electron chi connectivity index (χ0n) is 20.5. The van der Waals surface area contributed by atoms with Gasteiger partial charge in [0.05, 0.1) is 5.69 Å². The summed E-state index contributed by atoms with van der Waals surface area (Å²) in [6.07, 6.45) is -0.0968. The lowest BCUT2D eigenvalue weighted by Crippen LogP contribution is -2.19. The summed E-state index contributed by atoms with van der Waals surface area (Å²) in [5.41, 5.74) is 7.16. The van der Waals surface area contributed by atoms with Crippen LogP contribution in [-0.4, -0.2) is 36.2 Å². The lowest BCUT2D eigenvalue weighted by Gasteiger charge is -2.20. The molecule has 8 nitrogen and oxygen atoms in total. The van der Waals surface area contributed by atoms with Crippen LogP contribution < -0.4 is 11.4 Å². The van der Waals surface area contributed by atoms with Crippen LogP contribution in [0.25, 0.3) is 16.8 Å². The summed E-state index contributed by atoms with van der Waals surface area (Å²) in [6, 6.07) is 9.99. The van der Waals surface area contributed by atoms with Gasteiger partial charge >= 0.3 is 5.69 Å². The van der Waals surface area contributed by atoms with Gasteiger partial charge in [-0.2, -0.15) is 5.10 Å². The zero-order chi connectivity index (χ0) is 26.9. The van der Waals surface area contributed by atoms with E-state index >= 15 is 0 Å². The maximum absolute atomic E-state index is 13.9. The van der Waals surface area contributed by atoms with Gasteiger partial charge in [0, 0.05) is 35.2 Å². The van der Waals surface area contributed by atoms with Crippen molar-refractivity contribution in [2.75, 3.05) is 0 Å². The minimum Gasteiger partial charge on any atom is -0.378 e. The van der Waals surface area contributed by atoms with Crippen LogP contribution in [-0.2, 0) is 11.2 Å². The zero-order valence-corrected chi connectivity index (χ0v) is 20.5. The van der Waals surface area contributed by atoms with E-state index in [1.807, 2.05) is 0 Å². The molecule has 0 spiro atoms. The number of nitrogens with one attached hydrogen (secondary N) is 1. The number of primary amides is 1. The maximum Gasteiger partial charge on any atom is 0.347 e. The second kappa shape index (κ2) is 9.95. The Balaban J connectivity index is 1.94. The summed E-state index contributed by atoms with van der Waals surface area (Å²) in [4.78, 5) is 29.1. The molecule has 4 rings (SSSR count). The highest BCUT2D eigenvalue weighted by Crippen LogP contribution is 2.34. The third-order valence-electron chi connectivity index (χ3n) is 5.77. The molecule has 0 unspecified atom stereocenters. The standard InChI is InChI=1S/C27H25F2N5O3/c1-15-21(6-7-24-32-33-26(36)34(15)24)22-5-4-20(8-9-27(2,3)37)31-25(22)17(13-23(30)35)10-16-11-18(28)14-19(29)12-16/h4-7,11-12,14,17,37H,10,13H2,1-3H3,(H2,30,35)(H,33,36)/t17-/m0/s1. The largest absolute Gasteiger partial charge is 0.378 e.